The molecule has 1 aromatic heterocycles. The lowest BCUT2D eigenvalue weighted by atomic mass is 9.83. The Morgan fingerprint density at radius 2 is 1.96 bits per heavy atom. The quantitative estimate of drug-likeness (QED) is 0.876. The van der Waals surface area contributed by atoms with Crippen LogP contribution in [0.5, 0.6) is 0 Å². The van der Waals surface area contributed by atoms with Gasteiger partial charge in [0.05, 0.1) is 6.54 Å². The third kappa shape index (κ3) is 4.26. The van der Waals surface area contributed by atoms with E-state index in [4.69, 9.17) is 0 Å². The van der Waals surface area contributed by atoms with Crippen LogP contribution in [0, 0.1) is 5.92 Å². The van der Waals surface area contributed by atoms with Crippen LogP contribution in [0.1, 0.15) is 50.5 Å². The first-order valence-electron chi connectivity index (χ1n) is 10.4. The fourth-order valence-electron chi connectivity index (χ4n) is 4.70. The lowest BCUT2D eigenvalue weighted by Gasteiger charge is -2.34. The number of amides is 2. The molecule has 1 aliphatic carbocycles. The maximum Gasteiger partial charge on any atom is 0.347 e. The first kappa shape index (κ1) is 18.7. The molecule has 0 unspecified atom stereocenters. The molecule has 6 heteroatoms. The number of likely N-dealkylation sites (tertiary alicyclic amines) is 1. The summed E-state index contributed by atoms with van der Waals surface area (Å²) in [5.74, 6) is 0.658. The monoisotopic (exact) mass is 380 g/mol. The van der Waals surface area contributed by atoms with E-state index in [0.29, 0.717) is 18.5 Å². The van der Waals surface area contributed by atoms with Crippen LogP contribution in [0.3, 0.4) is 0 Å². The smallest absolute Gasteiger partial charge is 0.321 e. The van der Waals surface area contributed by atoms with Gasteiger partial charge >= 0.3 is 11.7 Å². The molecule has 6 nitrogen and oxygen atoms in total. The van der Waals surface area contributed by atoms with E-state index in [1.807, 2.05) is 29.2 Å². The number of aromatic nitrogens is 2. The molecule has 0 radical (unpaired) electrons. The van der Waals surface area contributed by atoms with Gasteiger partial charge in [-0.3, -0.25) is 4.57 Å². The molecule has 2 aliphatic rings. The maximum atomic E-state index is 12.9. The molecule has 1 aliphatic heterocycles. The molecular weight excluding hydrogens is 352 g/mol. The van der Waals surface area contributed by atoms with Crippen molar-refractivity contribution in [2.75, 3.05) is 11.9 Å². The van der Waals surface area contributed by atoms with Crippen LogP contribution >= 0.6 is 0 Å². The summed E-state index contributed by atoms with van der Waals surface area (Å²) in [5, 5.41) is 3.08. The molecule has 0 spiro atoms. The van der Waals surface area contributed by atoms with Crippen molar-refractivity contribution in [1.29, 1.82) is 0 Å². The van der Waals surface area contributed by atoms with E-state index in [9.17, 15) is 9.59 Å². The second-order valence-electron chi connectivity index (χ2n) is 7.96. The van der Waals surface area contributed by atoms with Gasteiger partial charge in [0.15, 0.2) is 0 Å². The van der Waals surface area contributed by atoms with E-state index in [1.165, 1.54) is 38.3 Å². The Morgan fingerprint density at radius 1 is 1.11 bits per heavy atom. The van der Waals surface area contributed by atoms with Crippen LogP contribution < -0.4 is 11.0 Å². The van der Waals surface area contributed by atoms with E-state index in [2.05, 4.69) is 10.3 Å². The molecule has 1 saturated carbocycles. The van der Waals surface area contributed by atoms with Crippen LogP contribution in [0.25, 0.3) is 0 Å². The van der Waals surface area contributed by atoms with Gasteiger partial charge in [-0.2, -0.15) is 0 Å². The molecule has 4 rings (SSSR count). The summed E-state index contributed by atoms with van der Waals surface area (Å²) in [6.07, 6.45) is 11.9. The fourth-order valence-corrected chi connectivity index (χ4v) is 4.70. The summed E-state index contributed by atoms with van der Waals surface area (Å²) in [7, 11) is 0. The predicted molar refractivity (Wildman–Crippen MR) is 109 cm³/mol. The van der Waals surface area contributed by atoms with Gasteiger partial charge in [0, 0.05) is 30.7 Å². The summed E-state index contributed by atoms with van der Waals surface area (Å²) < 4.78 is 1.56. The highest BCUT2D eigenvalue weighted by atomic mass is 16.2. The number of carbonyl (C=O) groups excluding carboxylic acids is 1. The highest BCUT2D eigenvalue weighted by Gasteiger charge is 2.35. The third-order valence-electron chi connectivity index (χ3n) is 6.07. The molecule has 148 valence electrons. The SMILES string of the molecule is O=C(Nc1cccc(Cn2cccnc2=O)c1)N1CCC[C@@H]1C1CCCCC1. The number of hydrogen-bond acceptors (Lipinski definition) is 3. The predicted octanol–water partition coefficient (Wildman–Crippen LogP) is 3.87. The third-order valence-corrected chi connectivity index (χ3v) is 6.07. The lowest BCUT2D eigenvalue weighted by Crippen LogP contribution is -2.43. The number of nitrogens with zero attached hydrogens (tertiary/aromatic N) is 3. The second-order valence-corrected chi connectivity index (χ2v) is 7.96. The Kier molecular flexibility index (Phi) is 5.74. The zero-order chi connectivity index (χ0) is 19.3. The van der Waals surface area contributed by atoms with Crippen molar-refractivity contribution < 1.29 is 4.79 Å². The normalized spacial score (nSPS) is 20.3. The molecule has 1 N–H and O–H groups in total. The molecule has 1 aromatic carbocycles. The van der Waals surface area contributed by atoms with Gasteiger partial charge in [0.25, 0.3) is 0 Å². The lowest BCUT2D eigenvalue weighted by molar-refractivity contribution is 0.166. The van der Waals surface area contributed by atoms with Gasteiger partial charge in [-0.05, 0) is 55.4 Å². The number of rotatable bonds is 4. The van der Waals surface area contributed by atoms with Crippen molar-refractivity contribution in [2.24, 2.45) is 5.92 Å². The Balaban J connectivity index is 1.43. The summed E-state index contributed by atoms with van der Waals surface area (Å²) >= 11 is 0. The number of anilines is 1. The van der Waals surface area contributed by atoms with E-state index < -0.39 is 0 Å². The van der Waals surface area contributed by atoms with Crippen molar-refractivity contribution in [3.63, 3.8) is 0 Å². The van der Waals surface area contributed by atoms with Crippen LogP contribution in [0.15, 0.2) is 47.5 Å². The largest absolute Gasteiger partial charge is 0.347 e. The number of carbonyl (C=O) groups is 1. The zero-order valence-corrected chi connectivity index (χ0v) is 16.2. The summed E-state index contributed by atoms with van der Waals surface area (Å²) in [5.41, 5.74) is 1.45. The Labute approximate surface area is 165 Å². The second kappa shape index (κ2) is 8.59. The van der Waals surface area contributed by atoms with Gasteiger partial charge < -0.3 is 10.2 Å². The topological polar surface area (TPSA) is 67.2 Å². The fraction of sp³-hybridized carbons (Fsp3) is 0.500. The standard InChI is InChI=1S/C22H28N4O2/c27-21-23-12-6-13-25(21)16-17-7-4-10-19(15-17)24-22(28)26-14-5-11-20(26)18-8-2-1-3-9-18/h4,6-7,10,12-13,15,18,20H,1-3,5,8-9,11,14,16H2,(H,24,28)/t20-/m1/s1. The van der Waals surface area contributed by atoms with E-state index in [0.717, 1.165) is 30.6 Å². The minimum Gasteiger partial charge on any atom is -0.321 e. The van der Waals surface area contributed by atoms with Crippen LogP contribution in [-0.4, -0.2) is 33.1 Å². The average molecular weight is 380 g/mol. The van der Waals surface area contributed by atoms with E-state index in [1.54, 1.807) is 16.8 Å². The van der Waals surface area contributed by atoms with Crippen molar-refractivity contribution in [2.45, 2.75) is 57.5 Å². The van der Waals surface area contributed by atoms with Crippen molar-refractivity contribution in [3.8, 4) is 0 Å². The van der Waals surface area contributed by atoms with Gasteiger partial charge in [-0.15, -0.1) is 0 Å². The van der Waals surface area contributed by atoms with Crippen LogP contribution in [0.2, 0.25) is 0 Å². The highest BCUT2D eigenvalue weighted by molar-refractivity contribution is 5.89. The molecule has 2 amide bonds. The number of urea groups is 1. The molecule has 1 atom stereocenters. The average Bonchev–Trinajstić information content (AvgIpc) is 3.21. The van der Waals surface area contributed by atoms with Gasteiger partial charge in [-0.1, -0.05) is 31.4 Å². The summed E-state index contributed by atoms with van der Waals surface area (Å²) in [6.45, 7) is 1.28. The molecule has 28 heavy (non-hydrogen) atoms. The van der Waals surface area contributed by atoms with Gasteiger partial charge in [-0.25, -0.2) is 14.6 Å². The summed E-state index contributed by atoms with van der Waals surface area (Å²) in [4.78, 5) is 30.6. The maximum absolute atomic E-state index is 12.9. The molecular formula is C22H28N4O2. The van der Waals surface area contributed by atoms with Gasteiger partial charge in [0.1, 0.15) is 0 Å². The van der Waals surface area contributed by atoms with E-state index in [-0.39, 0.29) is 11.7 Å². The zero-order valence-electron chi connectivity index (χ0n) is 16.2. The van der Waals surface area contributed by atoms with Crippen molar-refractivity contribution >= 4 is 11.7 Å². The molecule has 0 bridgehead atoms. The summed E-state index contributed by atoms with van der Waals surface area (Å²) in [6, 6.07) is 9.83. The van der Waals surface area contributed by atoms with Crippen molar-refractivity contribution in [3.05, 3.63) is 58.8 Å². The molecule has 2 fully saturated rings. The highest BCUT2D eigenvalue weighted by Crippen LogP contribution is 2.34. The Bertz CT molecular complexity index is 873. The Morgan fingerprint density at radius 3 is 2.79 bits per heavy atom. The number of hydrogen-bond donors (Lipinski definition) is 1. The first-order chi connectivity index (χ1) is 13.7. The Hall–Kier alpha value is -2.63. The van der Waals surface area contributed by atoms with Crippen LogP contribution in [-0.2, 0) is 6.54 Å². The first-order valence-corrected chi connectivity index (χ1v) is 10.4. The number of benzene rings is 1. The minimum atomic E-state index is -0.274. The van der Waals surface area contributed by atoms with Gasteiger partial charge in [0.2, 0.25) is 0 Å². The van der Waals surface area contributed by atoms with E-state index >= 15 is 0 Å². The molecule has 1 saturated heterocycles. The molecule has 2 heterocycles. The van der Waals surface area contributed by atoms with Crippen LogP contribution in [0.4, 0.5) is 10.5 Å². The van der Waals surface area contributed by atoms with Crippen molar-refractivity contribution in [1.82, 2.24) is 14.5 Å². The number of nitrogens with one attached hydrogen (secondary N) is 1. The minimum absolute atomic E-state index is 0.00349. The molecule has 2 aromatic rings.